The summed E-state index contributed by atoms with van der Waals surface area (Å²) in [7, 11) is 1.33. The van der Waals surface area contributed by atoms with Crippen LogP contribution in [-0.4, -0.2) is 76.4 Å². The molecule has 0 heterocycles. The van der Waals surface area contributed by atoms with E-state index >= 15 is 0 Å². The standard InChI is InChI=1S/C18H27N5O9/c1-20-11(8-16(28)29)14(25)6-10(7-15(26)27)18(32)22-12(9-17(30)31)13(24)4-2-3-5-21-23-19/h10-12,20H,2-9H2,1H3,(H,22,32)(H,26,27)(H,28,29)(H,30,31). The van der Waals surface area contributed by atoms with E-state index in [0.717, 1.165) is 0 Å². The van der Waals surface area contributed by atoms with E-state index in [9.17, 15) is 28.8 Å². The fourth-order valence-electron chi connectivity index (χ4n) is 2.82. The fraction of sp³-hybridized carbons (Fsp3) is 0.667. The summed E-state index contributed by atoms with van der Waals surface area (Å²) in [6, 6.07) is -2.59. The number of nitrogens with zero attached hydrogens (tertiary/aromatic N) is 3. The van der Waals surface area contributed by atoms with Crippen LogP contribution in [0.15, 0.2) is 5.11 Å². The van der Waals surface area contributed by atoms with Crippen molar-refractivity contribution in [1.82, 2.24) is 10.6 Å². The summed E-state index contributed by atoms with van der Waals surface area (Å²) in [6.07, 6.45) is -2.17. The summed E-state index contributed by atoms with van der Waals surface area (Å²) in [5.41, 5.74) is 8.21. The molecule has 0 bridgehead atoms. The van der Waals surface area contributed by atoms with Crippen molar-refractivity contribution in [3.05, 3.63) is 10.4 Å². The molecule has 14 heteroatoms. The Kier molecular flexibility index (Phi) is 13.6. The predicted octanol–water partition coefficient (Wildman–Crippen LogP) is 0.108. The average molecular weight is 457 g/mol. The van der Waals surface area contributed by atoms with Crippen LogP contribution in [0.25, 0.3) is 10.4 Å². The number of Topliss-reactive ketones (excluding diaryl/α,β-unsaturated/α-hetero) is 2. The third-order valence-electron chi connectivity index (χ3n) is 4.43. The van der Waals surface area contributed by atoms with E-state index in [-0.39, 0.29) is 19.4 Å². The van der Waals surface area contributed by atoms with Gasteiger partial charge in [-0.05, 0) is 25.4 Å². The monoisotopic (exact) mass is 457 g/mol. The summed E-state index contributed by atoms with van der Waals surface area (Å²) < 4.78 is 0. The zero-order chi connectivity index (χ0) is 24.7. The summed E-state index contributed by atoms with van der Waals surface area (Å²) in [4.78, 5) is 72.9. The maximum absolute atomic E-state index is 12.6. The first-order valence-corrected chi connectivity index (χ1v) is 9.71. The molecule has 32 heavy (non-hydrogen) atoms. The van der Waals surface area contributed by atoms with Gasteiger partial charge in [0.05, 0.1) is 37.3 Å². The molecule has 0 aliphatic heterocycles. The van der Waals surface area contributed by atoms with Gasteiger partial charge < -0.3 is 26.0 Å². The second-order valence-electron chi connectivity index (χ2n) is 6.94. The second kappa shape index (κ2) is 15.3. The third-order valence-corrected chi connectivity index (χ3v) is 4.43. The number of amides is 1. The van der Waals surface area contributed by atoms with E-state index < -0.39 is 79.1 Å². The molecule has 0 fully saturated rings. The number of hydrogen-bond acceptors (Lipinski definition) is 8. The molecular weight excluding hydrogens is 430 g/mol. The van der Waals surface area contributed by atoms with E-state index in [1.54, 1.807) is 0 Å². The molecule has 0 rings (SSSR count). The number of hydrogen-bond donors (Lipinski definition) is 5. The number of azide groups is 1. The van der Waals surface area contributed by atoms with E-state index in [0.29, 0.717) is 6.42 Å². The van der Waals surface area contributed by atoms with Gasteiger partial charge in [0, 0.05) is 24.3 Å². The number of carbonyl (C=O) groups is 6. The van der Waals surface area contributed by atoms with Crippen LogP contribution in [0, 0.1) is 5.92 Å². The Bertz CT molecular complexity index is 764. The number of unbranched alkanes of at least 4 members (excludes halogenated alkanes) is 1. The maximum Gasteiger partial charge on any atom is 0.305 e. The Morgan fingerprint density at radius 1 is 0.844 bits per heavy atom. The van der Waals surface area contributed by atoms with Gasteiger partial charge in [0.2, 0.25) is 5.91 Å². The van der Waals surface area contributed by atoms with Crippen molar-refractivity contribution in [2.45, 2.75) is 57.0 Å². The lowest BCUT2D eigenvalue weighted by molar-refractivity contribution is -0.144. The van der Waals surface area contributed by atoms with Crippen LogP contribution >= 0.6 is 0 Å². The van der Waals surface area contributed by atoms with Crippen LogP contribution in [0.3, 0.4) is 0 Å². The largest absolute Gasteiger partial charge is 0.481 e. The number of carboxylic acid groups (broad SMARTS) is 3. The van der Waals surface area contributed by atoms with E-state index in [1.807, 2.05) is 0 Å². The van der Waals surface area contributed by atoms with E-state index in [1.165, 1.54) is 7.05 Å². The fourth-order valence-corrected chi connectivity index (χ4v) is 2.82. The molecule has 0 aromatic heterocycles. The Hall–Kier alpha value is -3.51. The van der Waals surface area contributed by atoms with Crippen molar-refractivity contribution in [1.29, 1.82) is 0 Å². The summed E-state index contributed by atoms with van der Waals surface area (Å²) in [5.74, 6) is -7.81. The summed E-state index contributed by atoms with van der Waals surface area (Å²) in [6.45, 7) is 0.144. The zero-order valence-electron chi connectivity index (χ0n) is 17.5. The van der Waals surface area contributed by atoms with Crippen LogP contribution in [0.4, 0.5) is 0 Å². The molecule has 0 saturated heterocycles. The van der Waals surface area contributed by atoms with Crippen molar-refractivity contribution in [2.75, 3.05) is 13.6 Å². The van der Waals surface area contributed by atoms with Crippen LogP contribution in [-0.2, 0) is 28.8 Å². The Balaban J connectivity index is 5.30. The maximum atomic E-state index is 12.6. The molecule has 0 radical (unpaired) electrons. The van der Waals surface area contributed by atoms with Gasteiger partial charge in [-0.3, -0.25) is 28.8 Å². The first-order valence-electron chi connectivity index (χ1n) is 9.71. The molecule has 178 valence electrons. The highest BCUT2D eigenvalue weighted by molar-refractivity contribution is 5.96. The average Bonchev–Trinajstić information content (AvgIpc) is 2.69. The molecule has 0 aliphatic carbocycles. The lowest BCUT2D eigenvalue weighted by atomic mass is 9.92. The Labute approximate surface area is 183 Å². The summed E-state index contributed by atoms with van der Waals surface area (Å²) >= 11 is 0. The van der Waals surface area contributed by atoms with Crippen LogP contribution in [0.5, 0.6) is 0 Å². The smallest absolute Gasteiger partial charge is 0.305 e. The van der Waals surface area contributed by atoms with Gasteiger partial charge >= 0.3 is 17.9 Å². The van der Waals surface area contributed by atoms with Gasteiger partial charge in [0.1, 0.15) is 0 Å². The third kappa shape index (κ3) is 12.2. The normalized spacial score (nSPS) is 13.2. The van der Waals surface area contributed by atoms with Gasteiger partial charge in [-0.1, -0.05) is 5.11 Å². The van der Waals surface area contributed by atoms with Crippen molar-refractivity contribution < 1.29 is 44.1 Å². The highest BCUT2D eigenvalue weighted by Gasteiger charge is 2.32. The van der Waals surface area contributed by atoms with Crippen molar-refractivity contribution in [3.8, 4) is 0 Å². The number of nitrogens with one attached hydrogen (secondary N) is 2. The number of ketones is 2. The van der Waals surface area contributed by atoms with Crippen molar-refractivity contribution >= 4 is 35.4 Å². The molecule has 0 saturated carbocycles. The molecular formula is C18H27N5O9. The number of aliphatic carboxylic acids is 3. The molecule has 3 unspecified atom stereocenters. The minimum absolute atomic E-state index is 0.109. The van der Waals surface area contributed by atoms with Gasteiger partial charge in [-0.15, -0.1) is 0 Å². The SMILES string of the molecule is CNC(CC(=O)O)C(=O)CC(CC(=O)O)C(=O)NC(CC(=O)O)C(=O)CCCCN=[N+]=[N-]. The summed E-state index contributed by atoms with van der Waals surface area (Å²) in [5, 5.41) is 34.9. The Morgan fingerprint density at radius 2 is 1.41 bits per heavy atom. The minimum atomic E-state index is -1.44. The Morgan fingerprint density at radius 3 is 1.91 bits per heavy atom. The number of carbonyl (C=O) groups excluding carboxylic acids is 3. The second-order valence-corrected chi connectivity index (χ2v) is 6.94. The molecule has 0 aromatic rings. The van der Waals surface area contributed by atoms with Crippen LogP contribution in [0.1, 0.15) is 44.9 Å². The predicted molar refractivity (Wildman–Crippen MR) is 108 cm³/mol. The zero-order valence-corrected chi connectivity index (χ0v) is 17.5. The van der Waals surface area contributed by atoms with Crippen molar-refractivity contribution in [2.24, 2.45) is 11.0 Å². The molecule has 0 aliphatic rings. The lowest BCUT2D eigenvalue weighted by Gasteiger charge is -2.21. The van der Waals surface area contributed by atoms with Crippen LogP contribution in [0.2, 0.25) is 0 Å². The van der Waals surface area contributed by atoms with E-state index in [2.05, 4.69) is 20.7 Å². The van der Waals surface area contributed by atoms with Gasteiger partial charge in [-0.25, -0.2) is 0 Å². The highest BCUT2D eigenvalue weighted by atomic mass is 16.4. The van der Waals surface area contributed by atoms with Gasteiger partial charge in [0.15, 0.2) is 11.6 Å². The molecule has 1 amide bonds. The highest BCUT2D eigenvalue weighted by Crippen LogP contribution is 2.14. The van der Waals surface area contributed by atoms with Crippen LogP contribution < -0.4 is 10.6 Å². The van der Waals surface area contributed by atoms with Gasteiger partial charge in [0.25, 0.3) is 0 Å². The number of carboxylic acids is 3. The number of rotatable bonds is 18. The first kappa shape index (κ1) is 28.5. The quantitative estimate of drug-likeness (QED) is 0.0805. The molecule has 5 N–H and O–H groups in total. The topological polar surface area (TPSA) is 236 Å². The molecule has 14 nitrogen and oxygen atoms in total. The molecule has 3 atom stereocenters. The lowest BCUT2D eigenvalue weighted by Crippen LogP contribution is -2.46. The molecule has 0 aromatic carbocycles. The van der Waals surface area contributed by atoms with Crippen molar-refractivity contribution in [3.63, 3.8) is 0 Å². The van der Waals surface area contributed by atoms with Gasteiger partial charge in [-0.2, -0.15) is 0 Å². The van der Waals surface area contributed by atoms with E-state index in [4.69, 9.17) is 20.9 Å². The number of likely N-dealkylation sites (N-methyl/N-ethyl adjacent to an activating group) is 1. The molecule has 0 spiro atoms. The first-order chi connectivity index (χ1) is 15.0. The minimum Gasteiger partial charge on any atom is -0.481 e.